The normalized spacial score (nSPS) is 16.9. The van der Waals surface area contributed by atoms with E-state index in [9.17, 15) is 9.50 Å². The number of halogens is 1. The minimum atomic E-state index is -0.475. The molecule has 2 heterocycles. The zero-order valence-electron chi connectivity index (χ0n) is 12.2. The smallest absolute Gasteiger partial charge is 0.140 e. The fourth-order valence-corrected chi connectivity index (χ4v) is 3.46. The fraction of sp³-hybridized carbons (Fsp3) is 0.235. The van der Waals surface area contributed by atoms with E-state index in [1.807, 2.05) is 18.2 Å². The Hall–Kier alpha value is -2.18. The van der Waals surface area contributed by atoms with Gasteiger partial charge in [-0.05, 0) is 30.3 Å². The van der Waals surface area contributed by atoms with Crippen LogP contribution in [-0.2, 0) is 13.0 Å². The van der Waals surface area contributed by atoms with Crippen molar-refractivity contribution in [1.29, 1.82) is 0 Å². The second kappa shape index (κ2) is 5.79. The van der Waals surface area contributed by atoms with E-state index in [-0.39, 0.29) is 5.82 Å². The molecule has 1 unspecified atom stereocenters. The van der Waals surface area contributed by atoms with Crippen molar-refractivity contribution in [2.24, 2.45) is 0 Å². The van der Waals surface area contributed by atoms with Crippen LogP contribution in [-0.4, -0.2) is 22.8 Å². The predicted molar refractivity (Wildman–Crippen MR) is 85.6 cm³/mol. The van der Waals surface area contributed by atoms with Gasteiger partial charge in [0.15, 0.2) is 0 Å². The van der Waals surface area contributed by atoms with Gasteiger partial charge in [-0.15, -0.1) is 11.3 Å². The molecule has 1 atom stereocenters. The van der Waals surface area contributed by atoms with E-state index in [0.29, 0.717) is 30.9 Å². The third-order valence-electron chi connectivity index (χ3n) is 3.67. The lowest BCUT2D eigenvalue weighted by Crippen LogP contribution is -2.25. The summed E-state index contributed by atoms with van der Waals surface area (Å²) in [7, 11) is 0. The van der Waals surface area contributed by atoms with Crippen LogP contribution in [0.15, 0.2) is 36.4 Å². The van der Waals surface area contributed by atoms with E-state index in [2.05, 4.69) is 4.98 Å². The van der Waals surface area contributed by atoms with E-state index in [0.717, 1.165) is 21.0 Å². The van der Waals surface area contributed by atoms with E-state index in [1.54, 1.807) is 6.07 Å². The van der Waals surface area contributed by atoms with Crippen molar-refractivity contribution < 1.29 is 19.0 Å². The maximum atomic E-state index is 13.2. The molecule has 0 bridgehead atoms. The molecule has 0 fully saturated rings. The Labute approximate surface area is 136 Å². The number of rotatable bonds is 3. The van der Waals surface area contributed by atoms with Gasteiger partial charge in [0.1, 0.15) is 35.5 Å². The first-order chi connectivity index (χ1) is 11.2. The molecule has 6 heteroatoms. The Kier molecular flexibility index (Phi) is 3.63. The summed E-state index contributed by atoms with van der Waals surface area (Å²) in [5, 5.41) is 10.4. The third-order valence-corrected chi connectivity index (χ3v) is 4.68. The molecule has 0 spiro atoms. The highest BCUT2D eigenvalue weighted by molar-refractivity contribution is 7.18. The quantitative estimate of drug-likeness (QED) is 0.800. The second-order valence-electron chi connectivity index (χ2n) is 5.45. The van der Waals surface area contributed by atoms with Crippen molar-refractivity contribution in [2.45, 2.75) is 19.1 Å². The Balaban J connectivity index is 1.50. The molecular formula is C17H14FNO3S. The lowest BCUT2D eigenvalue weighted by molar-refractivity contribution is 0.0919. The topological polar surface area (TPSA) is 51.6 Å². The molecule has 0 aliphatic carbocycles. The van der Waals surface area contributed by atoms with Crippen LogP contribution >= 0.6 is 11.3 Å². The summed E-state index contributed by atoms with van der Waals surface area (Å²) in [4.78, 5) is 4.38. The number of aromatic nitrogens is 1. The number of nitrogens with zero attached hydrogens (tertiary/aromatic N) is 1. The molecule has 23 heavy (non-hydrogen) atoms. The highest BCUT2D eigenvalue weighted by atomic mass is 32.1. The third kappa shape index (κ3) is 3.00. The molecule has 0 amide bonds. The van der Waals surface area contributed by atoms with Gasteiger partial charge in [0.05, 0.1) is 16.3 Å². The highest BCUT2D eigenvalue weighted by Crippen LogP contribution is 2.30. The van der Waals surface area contributed by atoms with Gasteiger partial charge in [-0.2, -0.15) is 0 Å². The maximum Gasteiger partial charge on any atom is 0.140 e. The number of ether oxygens (including phenoxy) is 2. The van der Waals surface area contributed by atoms with E-state index in [4.69, 9.17) is 9.47 Å². The van der Waals surface area contributed by atoms with Gasteiger partial charge in [0.2, 0.25) is 0 Å². The van der Waals surface area contributed by atoms with Gasteiger partial charge in [0, 0.05) is 18.1 Å². The molecule has 1 N–H and O–H groups in total. The van der Waals surface area contributed by atoms with Crippen LogP contribution in [0.1, 0.15) is 10.6 Å². The Morgan fingerprint density at radius 3 is 3.13 bits per heavy atom. The van der Waals surface area contributed by atoms with Gasteiger partial charge in [-0.1, -0.05) is 0 Å². The number of hydrogen-bond acceptors (Lipinski definition) is 5. The maximum absolute atomic E-state index is 13.2. The molecule has 0 radical (unpaired) electrons. The molecule has 4 nitrogen and oxygen atoms in total. The molecule has 118 valence electrons. The first kappa shape index (κ1) is 14.4. The first-order valence-electron chi connectivity index (χ1n) is 7.29. The lowest BCUT2D eigenvalue weighted by Gasteiger charge is -2.22. The number of hydrogen-bond donors (Lipinski definition) is 1. The zero-order chi connectivity index (χ0) is 15.8. The summed E-state index contributed by atoms with van der Waals surface area (Å²) in [6.07, 6.45) is 0.0874. The lowest BCUT2D eigenvalue weighted by atomic mass is 10.0. The van der Waals surface area contributed by atoms with Gasteiger partial charge in [0.25, 0.3) is 0 Å². The highest BCUT2D eigenvalue weighted by Gasteiger charge is 2.18. The van der Waals surface area contributed by atoms with E-state index >= 15 is 0 Å². The first-order valence-corrected chi connectivity index (χ1v) is 8.10. The summed E-state index contributed by atoms with van der Waals surface area (Å²) in [6.45, 7) is 0.651. The van der Waals surface area contributed by atoms with Crippen LogP contribution in [0.4, 0.5) is 4.39 Å². The Morgan fingerprint density at radius 1 is 1.30 bits per heavy atom. The van der Waals surface area contributed by atoms with Crippen molar-refractivity contribution in [1.82, 2.24) is 4.98 Å². The number of aliphatic hydroxyl groups is 1. The summed E-state index contributed by atoms with van der Waals surface area (Å²) < 4.78 is 25.4. The Morgan fingerprint density at radius 2 is 2.22 bits per heavy atom. The molecule has 1 aromatic heterocycles. The van der Waals surface area contributed by atoms with Crippen LogP contribution in [0.5, 0.6) is 11.5 Å². The number of thiazole rings is 1. The van der Waals surface area contributed by atoms with Crippen LogP contribution < -0.4 is 9.47 Å². The van der Waals surface area contributed by atoms with Crippen molar-refractivity contribution in [3.8, 4) is 11.5 Å². The standard InChI is InChI=1S/C17H14FNO3S/c18-11-1-4-16-14(7-11)19-17(23-16)9-21-13-2-3-15-10(6-13)5-12(20)8-22-15/h1-4,6-7,12,20H,5,8-9H2. The van der Waals surface area contributed by atoms with Crippen molar-refractivity contribution in [2.75, 3.05) is 6.61 Å². The largest absolute Gasteiger partial charge is 0.491 e. The van der Waals surface area contributed by atoms with Crippen LogP contribution in [0.25, 0.3) is 10.2 Å². The molecular weight excluding hydrogens is 317 g/mol. The number of aliphatic hydroxyl groups excluding tert-OH is 1. The minimum Gasteiger partial charge on any atom is -0.491 e. The number of benzene rings is 2. The number of fused-ring (bicyclic) bond motifs is 2. The summed E-state index contributed by atoms with van der Waals surface area (Å²) in [5.41, 5.74) is 1.59. The van der Waals surface area contributed by atoms with E-state index < -0.39 is 6.10 Å². The predicted octanol–water partition coefficient (Wildman–Crippen LogP) is 3.31. The fourth-order valence-electron chi connectivity index (χ4n) is 2.60. The SMILES string of the molecule is OC1COc2ccc(OCc3nc4cc(F)ccc4s3)cc2C1. The van der Waals surface area contributed by atoms with Gasteiger partial charge >= 0.3 is 0 Å². The van der Waals surface area contributed by atoms with Gasteiger partial charge in [-0.25, -0.2) is 9.37 Å². The molecule has 1 aliphatic rings. The van der Waals surface area contributed by atoms with Crippen LogP contribution in [0.2, 0.25) is 0 Å². The summed E-state index contributed by atoms with van der Waals surface area (Å²) >= 11 is 1.49. The molecule has 2 aromatic carbocycles. The Bertz CT molecular complexity index is 864. The van der Waals surface area contributed by atoms with Crippen molar-refractivity contribution in [3.05, 3.63) is 52.8 Å². The average Bonchev–Trinajstić information content (AvgIpc) is 2.94. The average molecular weight is 331 g/mol. The minimum absolute atomic E-state index is 0.288. The molecule has 0 saturated carbocycles. The van der Waals surface area contributed by atoms with Gasteiger partial charge < -0.3 is 14.6 Å². The summed E-state index contributed by atoms with van der Waals surface area (Å²) in [5.74, 6) is 1.20. The summed E-state index contributed by atoms with van der Waals surface area (Å²) in [6, 6.07) is 10.1. The van der Waals surface area contributed by atoms with E-state index in [1.165, 1.54) is 23.5 Å². The monoisotopic (exact) mass is 331 g/mol. The molecule has 3 aromatic rings. The van der Waals surface area contributed by atoms with Gasteiger partial charge in [-0.3, -0.25) is 0 Å². The zero-order valence-corrected chi connectivity index (χ0v) is 13.0. The molecule has 4 rings (SSSR count). The van der Waals surface area contributed by atoms with Crippen molar-refractivity contribution in [3.63, 3.8) is 0 Å². The molecule has 1 aliphatic heterocycles. The second-order valence-corrected chi connectivity index (χ2v) is 6.56. The van der Waals surface area contributed by atoms with Crippen LogP contribution in [0, 0.1) is 5.82 Å². The van der Waals surface area contributed by atoms with Crippen molar-refractivity contribution >= 4 is 21.6 Å². The van der Waals surface area contributed by atoms with Crippen LogP contribution in [0.3, 0.4) is 0 Å². The molecule has 0 saturated heterocycles.